The lowest BCUT2D eigenvalue weighted by Crippen LogP contribution is -2.40. The number of aliphatic hydroxyl groups excluding tert-OH is 1. The Balaban J connectivity index is 2.10. The number of nitrogens with one attached hydrogen (secondary N) is 1. The Kier molecular flexibility index (Phi) is 4.95. The molecule has 1 aliphatic heterocycles. The topological polar surface area (TPSA) is 41.5 Å². The molecule has 0 aromatic heterocycles. The van der Waals surface area contributed by atoms with E-state index in [2.05, 4.69) is 26.1 Å². The molecule has 0 saturated heterocycles. The second-order valence-electron chi connectivity index (χ2n) is 6.46. The number of rotatable bonds is 5. The maximum atomic E-state index is 9.21. The maximum absolute atomic E-state index is 9.21. The average Bonchev–Trinajstić information content (AvgIpc) is 2.80. The fourth-order valence-corrected chi connectivity index (χ4v) is 2.94. The first kappa shape index (κ1) is 15.6. The second kappa shape index (κ2) is 6.33. The summed E-state index contributed by atoms with van der Waals surface area (Å²) in [7, 11) is 0. The second-order valence-corrected chi connectivity index (χ2v) is 6.90. The predicted molar refractivity (Wildman–Crippen MR) is 82.4 cm³/mol. The van der Waals surface area contributed by atoms with E-state index in [9.17, 15) is 5.11 Å². The molecule has 0 bridgehead atoms. The van der Waals surface area contributed by atoms with Crippen LogP contribution in [0.5, 0.6) is 5.75 Å². The van der Waals surface area contributed by atoms with Gasteiger partial charge < -0.3 is 15.2 Å². The van der Waals surface area contributed by atoms with Gasteiger partial charge in [-0.2, -0.15) is 0 Å². The van der Waals surface area contributed by atoms with E-state index in [0.717, 1.165) is 35.8 Å². The van der Waals surface area contributed by atoms with E-state index < -0.39 is 0 Å². The number of halogens is 1. The van der Waals surface area contributed by atoms with Crippen LogP contribution < -0.4 is 10.1 Å². The Morgan fingerprint density at radius 3 is 2.80 bits per heavy atom. The normalized spacial score (nSPS) is 15.8. The summed E-state index contributed by atoms with van der Waals surface area (Å²) in [5.41, 5.74) is 2.41. The highest BCUT2D eigenvalue weighted by Crippen LogP contribution is 2.33. The van der Waals surface area contributed by atoms with Crippen LogP contribution in [0.25, 0.3) is 0 Å². The molecule has 112 valence electrons. The van der Waals surface area contributed by atoms with Crippen molar-refractivity contribution in [3.63, 3.8) is 0 Å². The fraction of sp³-hybridized carbons (Fsp3) is 0.625. The summed E-state index contributed by atoms with van der Waals surface area (Å²) in [5, 5.41) is 13.5. The third-order valence-electron chi connectivity index (χ3n) is 3.83. The number of benzene rings is 1. The number of hydrogen-bond donors (Lipinski definition) is 2. The molecule has 0 amide bonds. The highest BCUT2D eigenvalue weighted by molar-refractivity contribution is 6.30. The zero-order valence-corrected chi connectivity index (χ0v) is 13.3. The lowest BCUT2D eigenvalue weighted by molar-refractivity contribution is 0.196. The summed E-state index contributed by atoms with van der Waals surface area (Å²) >= 11 is 6.17. The van der Waals surface area contributed by atoms with Gasteiger partial charge in [0, 0.05) is 36.2 Å². The first-order valence-electron chi connectivity index (χ1n) is 7.20. The molecule has 0 fully saturated rings. The van der Waals surface area contributed by atoms with Crippen LogP contribution >= 0.6 is 11.6 Å². The van der Waals surface area contributed by atoms with Gasteiger partial charge in [0.1, 0.15) is 5.75 Å². The van der Waals surface area contributed by atoms with Crippen molar-refractivity contribution in [2.75, 3.05) is 13.2 Å². The third-order valence-corrected chi connectivity index (χ3v) is 4.05. The van der Waals surface area contributed by atoms with Gasteiger partial charge in [-0.3, -0.25) is 0 Å². The minimum Gasteiger partial charge on any atom is -0.493 e. The fourth-order valence-electron chi connectivity index (χ4n) is 2.68. The molecule has 1 aliphatic rings. The Morgan fingerprint density at radius 2 is 2.15 bits per heavy atom. The lowest BCUT2D eigenvalue weighted by Gasteiger charge is -2.31. The van der Waals surface area contributed by atoms with Crippen LogP contribution in [-0.2, 0) is 13.0 Å². The van der Waals surface area contributed by atoms with Crippen LogP contribution in [0.3, 0.4) is 0 Å². The molecular weight excluding hydrogens is 274 g/mol. The molecule has 20 heavy (non-hydrogen) atoms. The maximum Gasteiger partial charge on any atom is 0.127 e. The van der Waals surface area contributed by atoms with Crippen molar-refractivity contribution in [2.24, 2.45) is 5.41 Å². The number of fused-ring (bicyclic) bond motifs is 1. The highest BCUT2D eigenvalue weighted by atomic mass is 35.5. The molecule has 1 aromatic carbocycles. The van der Waals surface area contributed by atoms with Crippen molar-refractivity contribution in [1.29, 1.82) is 0 Å². The first-order valence-corrected chi connectivity index (χ1v) is 7.58. The SMILES string of the molecule is CC(C)(C)C(CCO)NCc1cc(Cl)cc2c1OCC2. The van der Waals surface area contributed by atoms with E-state index >= 15 is 0 Å². The first-order chi connectivity index (χ1) is 9.41. The van der Waals surface area contributed by atoms with Crippen molar-refractivity contribution in [3.8, 4) is 5.75 Å². The molecule has 0 radical (unpaired) electrons. The van der Waals surface area contributed by atoms with E-state index in [1.54, 1.807) is 0 Å². The largest absolute Gasteiger partial charge is 0.493 e. The predicted octanol–water partition coefficient (Wildman–Crippen LogP) is 3.16. The third kappa shape index (κ3) is 3.66. The van der Waals surface area contributed by atoms with Gasteiger partial charge in [0.25, 0.3) is 0 Å². The number of hydrogen-bond acceptors (Lipinski definition) is 3. The molecule has 2 rings (SSSR count). The molecule has 0 saturated carbocycles. The van der Waals surface area contributed by atoms with Crippen LogP contribution in [0.15, 0.2) is 12.1 Å². The van der Waals surface area contributed by atoms with Gasteiger partial charge in [0.05, 0.1) is 6.61 Å². The zero-order chi connectivity index (χ0) is 14.8. The van der Waals surface area contributed by atoms with E-state index in [1.165, 1.54) is 5.56 Å². The summed E-state index contributed by atoms with van der Waals surface area (Å²) in [6.45, 7) is 8.18. The van der Waals surface area contributed by atoms with Crippen LogP contribution in [0.1, 0.15) is 38.3 Å². The van der Waals surface area contributed by atoms with Gasteiger partial charge in [-0.1, -0.05) is 32.4 Å². The zero-order valence-electron chi connectivity index (χ0n) is 12.5. The average molecular weight is 298 g/mol. The lowest BCUT2D eigenvalue weighted by atomic mass is 9.85. The molecule has 3 nitrogen and oxygen atoms in total. The quantitative estimate of drug-likeness (QED) is 0.877. The van der Waals surface area contributed by atoms with Gasteiger partial charge in [0.15, 0.2) is 0 Å². The molecule has 1 unspecified atom stereocenters. The van der Waals surface area contributed by atoms with Crippen molar-refractivity contribution >= 4 is 11.6 Å². The standard InChI is InChI=1S/C16H24ClNO2/c1-16(2,3)14(4-6-19)18-10-12-9-13(17)8-11-5-7-20-15(11)12/h8-9,14,18-19H,4-7,10H2,1-3H3. The molecule has 0 aliphatic carbocycles. The van der Waals surface area contributed by atoms with Crippen molar-refractivity contribution in [3.05, 3.63) is 28.3 Å². The smallest absolute Gasteiger partial charge is 0.127 e. The molecule has 1 heterocycles. The Labute approximate surface area is 126 Å². The van der Waals surface area contributed by atoms with Crippen molar-refractivity contribution in [2.45, 2.75) is 46.2 Å². The Hall–Kier alpha value is -0.770. The van der Waals surface area contributed by atoms with Gasteiger partial charge in [-0.25, -0.2) is 0 Å². The Morgan fingerprint density at radius 1 is 1.40 bits per heavy atom. The summed E-state index contributed by atoms with van der Waals surface area (Å²) in [6, 6.07) is 4.21. The summed E-state index contributed by atoms with van der Waals surface area (Å²) in [6.07, 6.45) is 1.68. The van der Waals surface area contributed by atoms with Crippen molar-refractivity contribution in [1.82, 2.24) is 5.32 Å². The van der Waals surface area contributed by atoms with E-state index in [-0.39, 0.29) is 18.1 Å². The molecule has 1 aromatic rings. The molecule has 0 spiro atoms. The van der Waals surface area contributed by atoms with Gasteiger partial charge in [-0.15, -0.1) is 0 Å². The van der Waals surface area contributed by atoms with Crippen LogP contribution in [-0.4, -0.2) is 24.4 Å². The van der Waals surface area contributed by atoms with Gasteiger partial charge >= 0.3 is 0 Å². The molecular formula is C16H24ClNO2. The number of aliphatic hydroxyl groups is 1. The summed E-state index contributed by atoms with van der Waals surface area (Å²) in [4.78, 5) is 0. The van der Waals surface area contributed by atoms with E-state index in [4.69, 9.17) is 16.3 Å². The van der Waals surface area contributed by atoms with Crippen LogP contribution in [0.4, 0.5) is 0 Å². The van der Waals surface area contributed by atoms with Gasteiger partial charge in [-0.05, 0) is 29.5 Å². The van der Waals surface area contributed by atoms with E-state index in [1.807, 2.05) is 12.1 Å². The van der Waals surface area contributed by atoms with E-state index in [0.29, 0.717) is 6.54 Å². The van der Waals surface area contributed by atoms with Crippen molar-refractivity contribution < 1.29 is 9.84 Å². The number of ether oxygens (including phenoxy) is 1. The molecule has 1 atom stereocenters. The van der Waals surface area contributed by atoms with Crippen LogP contribution in [0, 0.1) is 5.41 Å². The Bertz CT molecular complexity index is 468. The summed E-state index contributed by atoms with van der Waals surface area (Å²) < 4.78 is 5.71. The summed E-state index contributed by atoms with van der Waals surface area (Å²) in [5.74, 6) is 0.985. The van der Waals surface area contributed by atoms with Gasteiger partial charge in [0.2, 0.25) is 0 Å². The molecule has 2 N–H and O–H groups in total. The minimum atomic E-state index is 0.103. The van der Waals surface area contributed by atoms with Crippen LogP contribution in [0.2, 0.25) is 5.02 Å². The monoisotopic (exact) mass is 297 g/mol. The minimum absolute atomic E-state index is 0.103. The molecule has 4 heteroatoms. The highest BCUT2D eigenvalue weighted by Gasteiger charge is 2.24.